The molecule has 0 aromatic rings. The van der Waals surface area contributed by atoms with Gasteiger partial charge in [0.25, 0.3) is 0 Å². The molecule has 1 amide bonds. The molecular weight excluding hydrogens is 174 g/mol. The van der Waals surface area contributed by atoms with Gasteiger partial charge >= 0.3 is 11.8 Å². The molecule has 0 aliphatic heterocycles. The van der Waals surface area contributed by atoms with Gasteiger partial charge in [0.2, 0.25) is 5.91 Å². The third kappa shape index (κ3) is 48.0. The summed E-state index contributed by atoms with van der Waals surface area (Å²) in [5.41, 5.74) is 5.09. The fourth-order valence-electron chi connectivity index (χ4n) is 0. The number of hydrogen-bond acceptors (Lipinski definition) is 3. The minimum Gasteiger partial charge on any atom is -0.366 e. The fourth-order valence-corrected chi connectivity index (χ4v) is 0. The Bertz CT molecular complexity index is 226. The summed E-state index contributed by atoms with van der Waals surface area (Å²) >= 11 is 0. The number of carbonyl (C=O) groups is 1. The lowest BCUT2D eigenvalue weighted by Gasteiger charge is -1.81. The van der Waals surface area contributed by atoms with Crippen LogP contribution in [0.4, 0.5) is 0 Å². The van der Waals surface area contributed by atoms with Gasteiger partial charge in [-0.3, -0.25) is 13.9 Å². The third-order valence-electron chi connectivity index (χ3n) is 0.421. The van der Waals surface area contributed by atoms with Gasteiger partial charge in [-0.05, 0) is 6.92 Å². The molecule has 4 N–H and O–H groups in total. The van der Waals surface area contributed by atoms with Crippen molar-refractivity contribution < 1.29 is 23.7 Å². The Hall–Kier alpha value is -0.920. The van der Waals surface area contributed by atoms with Crippen LogP contribution >= 0.6 is 0 Å². The second-order valence-corrected chi connectivity index (χ2v) is 2.49. The Morgan fingerprint density at radius 2 is 1.64 bits per heavy atom. The predicted octanol–water partition coefficient (Wildman–Crippen LogP) is -0.492. The molecular formula is C4H10NO5S+. The Labute approximate surface area is 65.8 Å². The summed E-state index contributed by atoms with van der Waals surface area (Å²) in [6.45, 7) is 4.85. The van der Waals surface area contributed by atoms with Crippen LogP contribution in [0.15, 0.2) is 12.2 Å². The summed E-state index contributed by atoms with van der Waals surface area (Å²) in [6, 6.07) is 0. The molecule has 0 heterocycles. The van der Waals surface area contributed by atoms with E-state index < -0.39 is 16.3 Å². The van der Waals surface area contributed by atoms with Gasteiger partial charge in [-0.2, -0.15) is 8.42 Å². The number of rotatable bonds is 1. The highest BCUT2D eigenvalue weighted by Crippen LogP contribution is 1.78. The van der Waals surface area contributed by atoms with Crippen molar-refractivity contribution in [2.45, 2.75) is 6.92 Å². The van der Waals surface area contributed by atoms with E-state index >= 15 is 0 Å². The second-order valence-electron chi connectivity index (χ2n) is 1.59. The average molecular weight is 184 g/mol. The first-order valence-electron chi connectivity index (χ1n) is 2.29. The molecule has 0 atom stereocenters. The Kier molecular flexibility index (Phi) is 5.59. The number of hydrogen-bond donors (Lipinski definition) is 3. The van der Waals surface area contributed by atoms with Crippen molar-refractivity contribution in [1.29, 1.82) is 0 Å². The largest absolute Gasteiger partial charge is 1.00 e. The highest BCUT2D eigenvalue weighted by molar-refractivity contribution is 7.79. The van der Waals surface area contributed by atoms with Crippen molar-refractivity contribution in [3.8, 4) is 0 Å². The highest BCUT2D eigenvalue weighted by Gasteiger charge is 1.86. The van der Waals surface area contributed by atoms with Gasteiger partial charge in [-0.25, -0.2) is 0 Å². The van der Waals surface area contributed by atoms with Crippen LogP contribution in [-0.2, 0) is 15.2 Å². The van der Waals surface area contributed by atoms with Crippen molar-refractivity contribution in [2.24, 2.45) is 5.73 Å². The number of carbonyl (C=O) groups excluding carboxylic acids is 1. The van der Waals surface area contributed by atoms with Crippen molar-refractivity contribution >= 4 is 16.3 Å². The number of primary amides is 1. The lowest BCUT2D eigenvalue weighted by molar-refractivity contribution is -0.114. The van der Waals surface area contributed by atoms with E-state index in [0.29, 0.717) is 5.57 Å². The summed E-state index contributed by atoms with van der Waals surface area (Å²) < 4.78 is 31.6. The molecule has 7 heteroatoms. The maximum Gasteiger partial charge on any atom is 1.00 e. The molecule has 6 nitrogen and oxygen atoms in total. The van der Waals surface area contributed by atoms with Crippen molar-refractivity contribution in [2.75, 3.05) is 0 Å². The van der Waals surface area contributed by atoms with Crippen LogP contribution in [0.2, 0.25) is 0 Å². The van der Waals surface area contributed by atoms with Crippen molar-refractivity contribution in [1.82, 2.24) is 0 Å². The average Bonchev–Trinajstić information content (AvgIpc) is 1.59. The van der Waals surface area contributed by atoms with Crippen LogP contribution in [-0.4, -0.2) is 23.4 Å². The summed E-state index contributed by atoms with van der Waals surface area (Å²) in [5, 5.41) is 0. The van der Waals surface area contributed by atoms with E-state index in [9.17, 15) is 4.79 Å². The summed E-state index contributed by atoms with van der Waals surface area (Å²) in [4.78, 5) is 9.82. The Morgan fingerprint density at radius 3 is 1.64 bits per heavy atom. The molecule has 0 aliphatic rings. The van der Waals surface area contributed by atoms with Gasteiger partial charge in [-0.15, -0.1) is 0 Å². The first-order valence-corrected chi connectivity index (χ1v) is 3.69. The summed E-state index contributed by atoms with van der Waals surface area (Å²) in [5.74, 6) is -0.435. The minimum absolute atomic E-state index is 0. The number of nitrogens with two attached hydrogens (primary N) is 1. The van der Waals surface area contributed by atoms with E-state index in [1.165, 1.54) is 0 Å². The first kappa shape index (κ1) is 12.7. The van der Waals surface area contributed by atoms with E-state index in [1.807, 2.05) is 0 Å². The minimum atomic E-state index is -4.67. The molecule has 0 unspecified atom stereocenters. The van der Waals surface area contributed by atoms with Crippen LogP contribution in [0.1, 0.15) is 8.35 Å². The molecule has 11 heavy (non-hydrogen) atoms. The predicted molar refractivity (Wildman–Crippen MR) is 39.3 cm³/mol. The van der Waals surface area contributed by atoms with E-state index in [0.717, 1.165) is 0 Å². The highest BCUT2D eigenvalue weighted by atomic mass is 32.3. The molecule has 0 saturated heterocycles. The van der Waals surface area contributed by atoms with Gasteiger partial charge in [-0.1, -0.05) is 6.58 Å². The molecule has 0 fully saturated rings. The van der Waals surface area contributed by atoms with E-state index in [1.54, 1.807) is 6.92 Å². The molecule has 0 rings (SSSR count). The zero-order valence-corrected chi connectivity index (χ0v) is 6.63. The molecule has 0 radical (unpaired) electrons. The summed E-state index contributed by atoms with van der Waals surface area (Å²) in [7, 11) is -4.67. The van der Waals surface area contributed by atoms with Crippen molar-refractivity contribution in [3.05, 3.63) is 12.2 Å². The normalized spacial score (nSPS) is 9.36. The monoisotopic (exact) mass is 184 g/mol. The number of amides is 1. The van der Waals surface area contributed by atoms with Gasteiger partial charge < -0.3 is 5.73 Å². The molecule has 0 aromatic heterocycles. The Balaban J connectivity index is -0.000000126. The van der Waals surface area contributed by atoms with Crippen molar-refractivity contribution in [3.63, 3.8) is 0 Å². The van der Waals surface area contributed by atoms with Crippen LogP contribution in [0.25, 0.3) is 0 Å². The Morgan fingerprint density at radius 1 is 1.55 bits per heavy atom. The van der Waals surface area contributed by atoms with Crippen LogP contribution in [0.5, 0.6) is 0 Å². The molecule has 0 bridgehead atoms. The first-order chi connectivity index (χ1) is 4.64. The topological polar surface area (TPSA) is 118 Å². The maximum atomic E-state index is 9.82. The third-order valence-corrected chi connectivity index (χ3v) is 0.421. The van der Waals surface area contributed by atoms with Gasteiger partial charge in [0, 0.05) is 5.57 Å². The summed E-state index contributed by atoms with van der Waals surface area (Å²) in [6.07, 6.45) is 0. The quantitative estimate of drug-likeness (QED) is 0.375. The van der Waals surface area contributed by atoms with E-state index in [4.69, 9.17) is 23.3 Å². The van der Waals surface area contributed by atoms with E-state index in [2.05, 4.69) is 6.58 Å². The smallest absolute Gasteiger partial charge is 0.366 e. The molecule has 0 aliphatic carbocycles. The standard InChI is InChI=1S/C4H7NO.H2O4S/c1-3(2)4(5)6;1-5(2,3)4/h1H2,2H3,(H2,5,6);(H2,1,2,3,4)/p+1. The zero-order valence-electron chi connectivity index (χ0n) is 6.81. The van der Waals surface area contributed by atoms with Crippen LogP contribution < -0.4 is 5.73 Å². The molecule has 0 aromatic carbocycles. The van der Waals surface area contributed by atoms with Gasteiger partial charge in [0.05, 0.1) is 0 Å². The maximum absolute atomic E-state index is 9.82. The second kappa shape index (κ2) is 4.83. The van der Waals surface area contributed by atoms with E-state index in [-0.39, 0.29) is 1.43 Å². The van der Waals surface area contributed by atoms with Crippen LogP contribution in [0.3, 0.4) is 0 Å². The van der Waals surface area contributed by atoms with Gasteiger partial charge in [0.1, 0.15) is 0 Å². The fraction of sp³-hybridized carbons (Fsp3) is 0.250. The van der Waals surface area contributed by atoms with Crippen LogP contribution in [0, 0.1) is 0 Å². The lowest BCUT2D eigenvalue weighted by atomic mass is 10.3. The molecule has 0 spiro atoms. The zero-order chi connectivity index (χ0) is 9.65. The van der Waals surface area contributed by atoms with Gasteiger partial charge in [0.15, 0.2) is 0 Å². The SMILES string of the molecule is C=C(C)C(N)=O.O=S(=O)(O)O.[H+]. The lowest BCUT2D eigenvalue weighted by Crippen LogP contribution is -2.10. The molecule has 0 saturated carbocycles. The molecule has 66 valence electrons.